The van der Waals surface area contributed by atoms with Crippen molar-refractivity contribution in [2.75, 3.05) is 0 Å². The number of hydrogen-bond donors (Lipinski definition) is 1. The van der Waals surface area contributed by atoms with Crippen molar-refractivity contribution < 1.29 is 31.1 Å². The molecule has 0 spiro atoms. The van der Waals surface area contributed by atoms with Crippen molar-refractivity contribution in [1.29, 1.82) is 0 Å². The lowest BCUT2D eigenvalue weighted by Crippen LogP contribution is -2.48. The molecule has 0 saturated carbocycles. The van der Waals surface area contributed by atoms with E-state index in [0.29, 0.717) is 0 Å². The van der Waals surface area contributed by atoms with Crippen molar-refractivity contribution in [3.05, 3.63) is 83.4 Å². The van der Waals surface area contributed by atoms with Gasteiger partial charge >= 0.3 is 0 Å². The zero-order chi connectivity index (χ0) is 26.7. The summed E-state index contributed by atoms with van der Waals surface area (Å²) in [6.07, 6.45) is 2.31. The van der Waals surface area contributed by atoms with Crippen LogP contribution in [0.5, 0.6) is 5.75 Å². The maximum atomic E-state index is 14.6. The summed E-state index contributed by atoms with van der Waals surface area (Å²) in [5, 5.41) is 2.55. The summed E-state index contributed by atoms with van der Waals surface area (Å²) in [4.78, 5) is 20.7. The predicted octanol–water partition coefficient (Wildman–Crippen LogP) is 3.45. The number of halogens is 3. The summed E-state index contributed by atoms with van der Waals surface area (Å²) in [5.74, 6) is -2.15. The summed E-state index contributed by atoms with van der Waals surface area (Å²) in [7, 11) is -4.29. The molecule has 4 rings (SSSR count). The highest BCUT2D eigenvalue weighted by Gasteiger charge is 2.49. The van der Waals surface area contributed by atoms with E-state index in [2.05, 4.69) is 15.3 Å². The topological polar surface area (TPSA) is 101 Å². The number of hydrogen-bond acceptors (Lipinski definition) is 6. The molecule has 3 heterocycles. The van der Waals surface area contributed by atoms with Crippen molar-refractivity contribution >= 4 is 15.9 Å². The Labute approximate surface area is 212 Å². The lowest BCUT2D eigenvalue weighted by atomic mass is 10.1. The van der Waals surface area contributed by atoms with Crippen LogP contribution in [0.1, 0.15) is 30.2 Å². The second-order valence-electron chi connectivity index (χ2n) is 8.78. The van der Waals surface area contributed by atoms with Crippen molar-refractivity contribution in [1.82, 2.24) is 19.6 Å². The third kappa shape index (κ3) is 5.91. The largest absolute Gasteiger partial charge is 0.486 e. The number of amides is 1. The highest BCUT2D eigenvalue weighted by Crippen LogP contribution is 2.33. The maximum Gasteiger partial charge on any atom is 0.244 e. The number of nitrogens with one attached hydrogen (secondary N) is 1. The molecule has 1 aliphatic heterocycles. The minimum atomic E-state index is -4.29. The van der Waals surface area contributed by atoms with Crippen LogP contribution in [0.3, 0.4) is 0 Å². The first-order valence-electron chi connectivity index (χ1n) is 11.4. The van der Waals surface area contributed by atoms with Gasteiger partial charge in [-0.1, -0.05) is 0 Å². The Morgan fingerprint density at radius 1 is 1.16 bits per heavy atom. The molecule has 37 heavy (non-hydrogen) atoms. The van der Waals surface area contributed by atoms with Crippen molar-refractivity contribution in [2.24, 2.45) is 0 Å². The molecule has 0 aliphatic carbocycles. The van der Waals surface area contributed by atoms with Gasteiger partial charge in [-0.2, -0.15) is 4.31 Å². The molecule has 1 amide bonds. The first-order chi connectivity index (χ1) is 17.6. The summed E-state index contributed by atoms with van der Waals surface area (Å²) in [6.45, 7) is 3.13. The Hall–Kier alpha value is -3.51. The van der Waals surface area contributed by atoms with E-state index < -0.39 is 45.8 Å². The number of rotatable bonds is 8. The number of carbonyl (C=O) groups is 1. The van der Waals surface area contributed by atoms with Crippen LogP contribution >= 0.6 is 0 Å². The molecule has 1 aromatic carbocycles. The van der Waals surface area contributed by atoms with Crippen molar-refractivity contribution in [3.8, 4) is 5.75 Å². The van der Waals surface area contributed by atoms with Crippen LogP contribution in [0.4, 0.5) is 13.2 Å². The number of pyridine rings is 2. The van der Waals surface area contributed by atoms with Crippen molar-refractivity contribution in [3.63, 3.8) is 0 Å². The highest BCUT2D eigenvalue weighted by molar-refractivity contribution is 7.89. The van der Waals surface area contributed by atoms with E-state index in [1.54, 1.807) is 12.4 Å². The summed E-state index contributed by atoms with van der Waals surface area (Å²) in [5.41, 5.74) is 1.92. The molecule has 2 aromatic heterocycles. The average molecular weight is 535 g/mol. The van der Waals surface area contributed by atoms with Gasteiger partial charge in [0.1, 0.15) is 24.6 Å². The summed E-state index contributed by atoms with van der Waals surface area (Å²) >= 11 is 0. The van der Waals surface area contributed by atoms with E-state index >= 15 is 0 Å². The molecular weight excluding hydrogens is 509 g/mol. The smallest absolute Gasteiger partial charge is 0.244 e. The molecule has 0 radical (unpaired) electrons. The molecule has 1 N–H and O–H groups in total. The number of sulfonamides is 1. The van der Waals surface area contributed by atoms with Gasteiger partial charge in [0.2, 0.25) is 15.9 Å². The van der Waals surface area contributed by atoms with Gasteiger partial charge in [0.25, 0.3) is 0 Å². The molecule has 1 saturated heterocycles. The van der Waals surface area contributed by atoms with Gasteiger partial charge in [-0.15, -0.1) is 0 Å². The summed E-state index contributed by atoms with van der Waals surface area (Å²) in [6, 6.07) is 4.82. The van der Waals surface area contributed by atoms with Crippen molar-refractivity contribution in [2.45, 2.75) is 56.6 Å². The molecule has 3 atom stereocenters. The van der Waals surface area contributed by atoms with Gasteiger partial charge in [-0.3, -0.25) is 14.8 Å². The van der Waals surface area contributed by atoms with E-state index in [-0.39, 0.29) is 35.9 Å². The first kappa shape index (κ1) is 26.6. The number of alkyl halides is 1. The van der Waals surface area contributed by atoms with E-state index in [0.717, 1.165) is 45.9 Å². The van der Waals surface area contributed by atoms with E-state index in [4.69, 9.17) is 4.74 Å². The van der Waals surface area contributed by atoms with Gasteiger partial charge in [-0.25, -0.2) is 21.6 Å². The molecule has 0 bridgehead atoms. The van der Waals surface area contributed by atoms with Gasteiger partial charge in [0, 0.05) is 30.4 Å². The SMILES string of the molecule is Cc1cncc(COc2cc(CNC(=O)[C@@H]3C[C@@H](F)[C@H](C)N3S(=O)(=O)c3ccc(F)cc3)ncc2F)c1. The first-order valence-corrected chi connectivity index (χ1v) is 12.9. The third-order valence-electron chi connectivity index (χ3n) is 6.02. The number of aryl methyl sites for hydroxylation is 1. The highest BCUT2D eigenvalue weighted by atomic mass is 32.2. The second kappa shape index (κ2) is 10.9. The number of aromatic nitrogens is 2. The minimum absolute atomic E-state index is 0.0649. The number of carbonyl (C=O) groups excluding carboxylic acids is 1. The molecule has 12 heteroatoms. The molecule has 3 aromatic rings. The monoisotopic (exact) mass is 534 g/mol. The van der Waals surface area contributed by atoms with Crippen LogP contribution in [-0.2, 0) is 28.0 Å². The van der Waals surface area contributed by atoms with Crippen LogP contribution in [0.15, 0.2) is 59.9 Å². The number of nitrogens with zero attached hydrogens (tertiary/aromatic N) is 3. The van der Waals surface area contributed by atoms with Crippen LogP contribution in [-0.4, -0.2) is 46.9 Å². The molecule has 196 valence electrons. The maximum absolute atomic E-state index is 14.6. The summed E-state index contributed by atoms with van der Waals surface area (Å²) < 4.78 is 74.8. The molecule has 8 nitrogen and oxygen atoms in total. The van der Waals surface area contributed by atoms with Crippen LogP contribution < -0.4 is 10.1 Å². The van der Waals surface area contributed by atoms with E-state index in [1.807, 2.05) is 13.0 Å². The average Bonchev–Trinajstić information content (AvgIpc) is 3.17. The molecular formula is C25H25F3N4O4S. The fraction of sp³-hybridized carbons (Fsp3) is 0.320. The number of benzene rings is 1. The van der Waals surface area contributed by atoms with Crippen LogP contribution in [0.2, 0.25) is 0 Å². The fourth-order valence-corrected chi connectivity index (χ4v) is 5.93. The Balaban J connectivity index is 1.46. The second-order valence-corrected chi connectivity index (χ2v) is 10.6. The van der Waals surface area contributed by atoms with Crippen LogP contribution in [0.25, 0.3) is 0 Å². The van der Waals surface area contributed by atoms with E-state index in [1.165, 1.54) is 13.0 Å². The Bertz CT molecular complexity index is 1390. The minimum Gasteiger partial charge on any atom is -0.486 e. The zero-order valence-electron chi connectivity index (χ0n) is 20.1. The van der Waals surface area contributed by atoms with E-state index in [9.17, 15) is 26.4 Å². The normalized spacial score (nSPS) is 20.1. The molecule has 1 aliphatic rings. The van der Waals surface area contributed by atoms with Gasteiger partial charge < -0.3 is 10.1 Å². The van der Waals surface area contributed by atoms with Gasteiger partial charge in [0.15, 0.2) is 11.6 Å². The zero-order valence-corrected chi connectivity index (χ0v) is 20.9. The molecule has 0 unspecified atom stereocenters. The quantitative estimate of drug-likeness (QED) is 0.475. The van der Waals surface area contributed by atoms with Gasteiger partial charge in [0.05, 0.1) is 29.4 Å². The third-order valence-corrected chi connectivity index (χ3v) is 8.03. The Morgan fingerprint density at radius 2 is 1.89 bits per heavy atom. The Kier molecular flexibility index (Phi) is 7.79. The predicted molar refractivity (Wildman–Crippen MR) is 128 cm³/mol. The Morgan fingerprint density at radius 3 is 2.59 bits per heavy atom. The lowest BCUT2D eigenvalue weighted by Gasteiger charge is -2.26. The lowest BCUT2D eigenvalue weighted by molar-refractivity contribution is -0.124. The van der Waals surface area contributed by atoms with Gasteiger partial charge in [-0.05, 0) is 49.7 Å². The molecule has 1 fully saturated rings. The van der Waals surface area contributed by atoms with Crippen LogP contribution in [0, 0.1) is 18.6 Å². The standard InChI is InChI=1S/C25H25F3N4O4S/c1-15-7-17(11-29-10-15)14-36-24-8-19(30-13-22(24)28)12-31-25(33)23-9-21(27)16(2)32(23)37(34,35)20-5-3-18(26)4-6-20/h3-8,10-11,13,16,21,23H,9,12,14H2,1-2H3,(H,31,33)/t16-,21+,23-/m0/s1. The number of ether oxygens (including phenoxy) is 1. The fourth-order valence-electron chi connectivity index (χ4n) is 4.12.